The van der Waals surface area contributed by atoms with Gasteiger partial charge < -0.3 is 5.32 Å². The summed E-state index contributed by atoms with van der Waals surface area (Å²) in [5.41, 5.74) is 0.961. The van der Waals surface area contributed by atoms with Crippen molar-refractivity contribution >= 4 is 56.0 Å². The molecule has 1 heterocycles. The molecule has 1 aromatic rings. The molecule has 2 aliphatic rings. The van der Waals surface area contributed by atoms with Crippen LogP contribution in [0.4, 0.5) is 0 Å². The number of nitrogens with one attached hydrogen (secondary N) is 1. The van der Waals surface area contributed by atoms with Crippen molar-refractivity contribution in [3.63, 3.8) is 0 Å². The predicted octanol–water partition coefficient (Wildman–Crippen LogP) is 4.61. The maximum absolute atomic E-state index is 11.4. The van der Waals surface area contributed by atoms with E-state index in [9.17, 15) is 4.79 Å². The summed E-state index contributed by atoms with van der Waals surface area (Å²) < 4.78 is 1.13. The molecule has 3 nitrogen and oxygen atoms in total. The summed E-state index contributed by atoms with van der Waals surface area (Å²) in [6, 6.07) is 8.24. The van der Waals surface area contributed by atoms with E-state index < -0.39 is 0 Å². The Morgan fingerprint density at radius 1 is 1.24 bits per heavy atom. The van der Waals surface area contributed by atoms with Crippen molar-refractivity contribution in [2.24, 2.45) is 4.99 Å². The number of carbonyl (C=O) groups excluding carboxylic acids is 1. The zero-order valence-corrected chi connectivity index (χ0v) is 15.9. The van der Waals surface area contributed by atoms with Gasteiger partial charge in [0.2, 0.25) is 0 Å². The lowest BCUT2D eigenvalue weighted by Gasteiger charge is -2.14. The minimum absolute atomic E-state index is 0. The molecule has 21 heavy (non-hydrogen) atoms. The van der Waals surface area contributed by atoms with Crippen molar-refractivity contribution in [1.82, 2.24) is 5.32 Å². The Kier molecular flexibility index (Phi) is 7.37. The fourth-order valence-corrected chi connectivity index (χ4v) is 3.19. The molecule has 1 aliphatic heterocycles. The summed E-state index contributed by atoms with van der Waals surface area (Å²) >= 11 is 6.73. The van der Waals surface area contributed by atoms with Crippen molar-refractivity contribution in [2.75, 3.05) is 0 Å². The van der Waals surface area contributed by atoms with Gasteiger partial charge in [-0.1, -0.05) is 56.8 Å². The van der Waals surface area contributed by atoms with E-state index in [1.54, 1.807) is 0 Å². The lowest BCUT2D eigenvalue weighted by atomic mass is 9.99. The first-order valence-corrected chi connectivity index (χ1v) is 8.65. The summed E-state index contributed by atoms with van der Waals surface area (Å²) in [4.78, 5) is 15.7. The molecular weight excluding hydrogens is 419 g/mol. The Morgan fingerprint density at radius 2 is 1.81 bits per heavy atom. The Morgan fingerprint density at radius 3 is 2.24 bits per heavy atom. The van der Waals surface area contributed by atoms with Crippen LogP contribution in [0.5, 0.6) is 0 Å². The Bertz CT molecular complexity index is 511. The van der Waals surface area contributed by atoms with Crippen LogP contribution in [0.15, 0.2) is 33.7 Å². The first kappa shape index (κ1) is 18.7. The SMILES string of the molecule is BrCc1ccc(Br)cc1.CC1=NC2(CCCC2)C(=O)N1.Cl. The first-order valence-electron chi connectivity index (χ1n) is 6.74. The molecule has 1 aliphatic carbocycles. The molecule has 0 radical (unpaired) electrons. The number of rotatable bonds is 1. The number of amides is 1. The highest BCUT2D eigenvalue weighted by Crippen LogP contribution is 2.35. The molecule has 1 N–H and O–H groups in total. The van der Waals surface area contributed by atoms with E-state index in [1.165, 1.54) is 5.56 Å². The van der Waals surface area contributed by atoms with Crippen LogP contribution in [0.25, 0.3) is 0 Å². The van der Waals surface area contributed by atoms with Crippen LogP contribution >= 0.6 is 44.3 Å². The summed E-state index contributed by atoms with van der Waals surface area (Å²) in [5, 5.41) is 3.69. The molecule has 0 unspecified atom stereocenters. The Balaban J connectivity index is 0.000000205. The van der Waals surface area contributed by atoms with E-state index in [2.05, 4.69) is 54.3 Å². The fourth-order valence-electron chi connectivity index (χ4n) is 2.55. The van der Waals surface area contributed by atoms with E-state index in [0.717, 1.165) is 41.3 Å². The van der Waals surface area contributed by atoms with Crippen molar-refractivity contribution in [1.29, 1.82) is 0 Å². The number of nitrogens with zero attached hydrogens (tertiary/aromatic N) is 1. The van der Waals surface area contributed by atoms with Gasteiger partial charge in [-0.3, -0.25) is 9.79 Å². The normalized spacial score (nSPS) is 18.4. The van der Waals surface area contributed by atoms with E-state index in [1.807, 2.05) is 19.1 Å². The smallest absolute Gasteiger partial charge is 0.253 e. The molecule has 116 valence electrons. The molecule has 0 saturated heterocycles. The van der Waals surface area contributed by atoms with Gasteiger partial charge in [0.1, 0.15) is 11.4 Å². The van der Waals surface area contributed by atoms with Crippen LogP contribution in [0.2, 0.25) is 0 Å². The standard InChI is InChI=1S/C8H12N2O.C7H6Br2.ClH/c1-6-9-7(11)8(10-6)4-2-3-5-8;8-5-6-1-3-7(9)4-2-6;/h2-5H2,1H3,(H,9,10,11);1-4H,5H2;1H. The minimum atomic E-state index is -0.343. The van der Waals surface area contributed by atoms with E-state index in [0.29, 0.717) is 0 Å². The topological polar surface area (TPSA) is 41.5 Å². The molecular formula is C15H19Br2ClN2O. The fraction of sp³-hybridized carbons (Fsp3) is 0.467. The highest BCUT2D eigenvalue weighted by molar-refractivity contribution is 9.10. The quantitative estimate of drug-likeness (QED) is 0.639. The number of hydrogen-bond acceptors (Lipinski definition) is 2. The highest BCUT2D eigenvalue weighted by atomic mass is 79.9. The maximum atomic E-state index is 11.4. The van der Waals surface area contributed by atoms with Crippen molar-refractivity contribution in [3.05, 3.63) is 34.3 Å². The number of benzene rings is 1. The van der Waals surface area contributed by atoms with E-state index in [-0.39, 0.29) is 23.9 Å². The van der Waals surface area contributed by atoms with Crippen LogP contribution in [0.1, 0.15) is 38.2 Å². The molecule has 1 amide bonds. The van der Waals surface area contributed by atoms with Gasteiger partial charge in [-0.15, -0.1) is 12.4 Å². The Labute approximate surface area is 148 Å². The average molecular weight is 439 g/mol. The summed E-state index contributed by atoms with van der Waals surface area (Å²) in [6.45, 7) is 1.85. The molecule has 1 aromatic carbocycles. The maximum Gasteiger partial charge on any atom is 0.253 e. The van der Waals surface area contributed by atoms with Crippen molar-refractivity contribution in [3.8, 4) is 0 Å². The van der Waals surface area contributed by atoms with Crippen LogP contribution in [0, 0.1) is 0 Å². The molecule has 0 atom stereocenters. The second kappa shape index (κ2) is 8.30. The number of alkyl halides is 1. The molecule has 0 bridgehead atoms. The molecule has 0 aromatic heterocycles. The molecule has 1 saturated carbocycles. The second-order valence-corrected chi connectivity index (χ2v) is 6.63. The number of halogens is 3. The zero-order valence-electron chi connectivity index (χ0n) is 11.9. The Hall–Kier alpha value is -0.390. The van der Waals surface area contributed by atoms with Gasteiger partial charge >= 0.3 is 0 Å². The third kappa shape index (κ3) is 4.80. The number of aliphatic imine (C=N–C) groups is 1. The largest absolute Gasteiger partial charge is 0.313 e. The molecule has 1 fully saturated rings. The van der Waals surface area contributed by atoms with Gasteiger partial charge in [0, 0.05) is 9.80 Å². The van der Waals surface area contributed by atoms with Gasteiger partial charge in [0.15, 0.2) is 0 Å². The number of amidine groups is 1. The molecule has 6 heteroatoms. The number of carbonyl (C=O) groups is 1. The highest BCUT2D eigenvalue weighted by Gasteiger charge is 2.44. The van der Waals surface area contributed by atoms with Gasteiger partial charge in [-0.25, -0.2) is 0 Å². The monoisotopic (exact) mass is 436 g/mol. The van der Waals surface area contributed by atoms with Crippen LogP contribution in [-0.4, -0.2) is 17.3 Å². The average Bonchev–Trinajstić information content (AvgIpc) is 3.00. The molecule has 3 rings (SSSR count). The first-order chi connectivity index (χ1) is 9.55. The number of hydrogen-bond donors (Lipinski definition) is 1. The summed E-state index contributed by atoms with van der Waals surface area (Å²) in [7, 11) is 0. The van der Waals surface area contributed by atoms with Gasteiger partial charge in [-0.05, 0) is 37.5 Å². The lowest BCUT2D eigenvalue weighted by molar-refractivity contribution is -0.123. The van der Waals surface area contributed by atoms with Gasteiger partial charge in [0.25, 0.3) is 5.91 Å². The van der Waals surface area contributed by atoms with Crippen molar-refractivity contribution < 1.29 is 4.79 Å². The van der Waals surface area contributed by atoms with E-state index >= 15 is 0 Å². The van der Waals surface area contributed by atoms with Crippen LogP contribution in [-0.2, 0) is 10.1 Å². The third-order valence-corrected chi connectivity index (χ3v) is 4.77. The van der Waals surface area contributed by atoms with Crippen LogP contribution in [0.3, 0.4) is 0 Å². The lowest BCUT2D eigenvalue weighted by Crippen LogP contribution is -2.36. The second-order valence-electron chi connectivity index (χ2n) is 5.15. The summed E-state index contributed by atoms with van der Waals surface area (Å²) in [6.07, 6.45) is 4.17. The predicted molar refractivity (Wildman–Crippen MR) is 96.5 cm³/mol. The van der Waals surface area contributed by atoms with Gasteiger partial charge in [0.05, 0.1) is 0 Å². The molecule has 1 spiro atoms. The summed E-state index contributed by atoms with van der Waals surface area (Å²) in [5.74, 6) is 0.907. The van der Waals surface area contributed by atoms with Crippen LogP contribution < -0.4 is 5.32 Å². The van der Waals surface area contributed by atoms with Gasteiger partial charge in [-0.2, -0.15) is 0 Å². The minimum Gasteiger partial charge on any atom is -0.313 e. The van der Waals surface area contributed by atoms with E-state index in [4.69, 9.17) is 0 Å². The third-order valence-electron chi connectivity index (χ3n) is 3.60. The van der Waals surface area contributed by atoms with Crippen molar-refractivity contribution in [2.45, 2.75) is 43.5 Å². The zero-order chi connectivity index (χ0) is 14.6.